The topological polar surface area (TPSA) is 86.5 Å². The lowest BCUT2D eigenvalue weighted by Gasteiger charge is -2.26. The highest BCUT2D eigenvalue weighted by Crippen LogP contribution is 2.47. The summed E-state index contributed by atoms with van der Waals surface area (Å²) in [4.78, 5) is 21.1. The van der Waals surface area contributed by atoms with Crippen LogP contribution in [0.5, 0.6) is 0 Å². The van der Waals surface area contributed by atoms with Gasteiger partial charge in [0, 0.05) is 76.8 Å². The van der Waals surface area contributed by atoms with E-state index < -0.39 is 0 Å². The van der Waals surface area contributed by atoms with E-state index in [9.17, 15) is 5.26 Å². The third kappa shape index (κ3) is 8.01. The van der Waals surface area contributed by atoms with Crippen LogP contribution in [-0.4, -0.2) is 33.2 Å². The van der Waals surface area contributed by atoms with Crippen LogP contribution in [0.2, 0.25) is 0 Å². The number of aromatic nitrogens is 7. The van der Waals surface area contributed by atoms with E-state index in [2.05, 4.69) is 277 Å². The summed E-state index contributed by atoms with van der Waals surface area (Å²) >= 11 is 0. The zero-order chi connectivity index (χ0) is 59.7. The lowest BCUT2D eigenvalue weighted by atomic mass is 9.79. The second-order valence-corrected chi connectivity index (χ2v) is 25.1. The number of hydrogen-bond acceptors (Lipinski definition) is 4. The third-order valence-electron chi connectivity index (χ3n) is 17.7. The molecule has 0 N–H and O–H groups in total. The maximum atomic E-state index is 11.0. The van der Waals surface area contributed by atoms with Crippen molar-refractivity contribution in [1.82, 2.24) is 33.2 Å². The summed E-state index contributed by atoms with van der Waals surface area (Å²) in [6, 6.07) is 85.5. The van der Waals surface area contributed by atoms with Gasteiger partial charge in [-0.2, -0.15) is 5.26 Å². The van der Waals surface area contributed by atoms with Crippen molar-refractivity contribution >= 4 is 92.9 Å². The van der Waals surface area contributed by atoms with Crippen molar-refractivity contribution in [2.45, 2.75) is 52.4 Å². The van der Waals surface area contributed by atoms with Gasteiger partial charge in [-0.3, -0.25) is 0 Å². The first-order chi connectivity index (χ1) is 42.8. The fraction of sp³-hybridized carbons (Fsp3) is 0.101. The van der Waals surface area contributed by atoms with E-state index in [4.69, 9.17) is 21.5 Å². The number of rotatable bonds is 7. The van der Waals surface area contributed by atoms with Crippen LogP contribution in [0.1, 0.15) is 58.2 Å². The van der Waals surface area contributed by atoms with Gasteiger partial charge in [-0.1, -0.05) is 181 Å². The average molecular weight is 1130 g/mol. The molecule has 0 atom stereocenters. The summed E-state index contributed by atoms with van der Waals surface area (Å²) in [5, 5.41) is 19.7. The minimum absolute atomic E-state index is 0.219. The average Bonchev–Trinajstić information content (AvgIpc) is 1.63. The zero-order valence-corrected chi connectivity index (χ0v) is 49.5. The molecule has 9 nitrogen and oxygen atoms in total. The van der Waals surface area contributed by atoms with E-state index in [1.165, 1.54) is 0 Å². The molecule has 88 heavy (non-hydrogen) atoms. The normalized spacial score (nSPS) is 12.2. The van der Waals surface area contributed by atoms with Crippen molar-refractivity contribution in [3.8, 4) is 63.0 Å². The van der Waals surface area contributed by atoms with Gasteiger partial charge in [0.2, 0.25) is 0 Å². The smallest absolute Gasteiger partial charge is 0.189 e. The monoisotopic (exact) mass is 1130 g/mol. The van der Waals surface area contributed by atoms with Crippen LogP contribution >= 0.6 is 0 Å². The number of para-hydroxylation sites is 6. The predicted octanol–water partition coefficient (Wildman–Crippen LogP) is 20.3. The largest absolute Gasteiger partial charge is 0.309 e. The van der Waals surface area contributed by atoms with Gasteiger partial charge in [0.25, 0.3) is 0 Å². The predicted molar refractivity (Wildman–Crippen MR) is 362 cm³/mol. The van der Waals surface area contributed by atoms with Crippen LogP contribution in [0.15, 0.2) is 237 Å². The molecular weight excluding hydrogens is 1070 g/mol. The van der Waals surface area contributed by atoms with E-state index >= 15 is 0 Å². The summed E-state index contributed by atoms with van der Waals surface area (Å²) in [6.07, 6.45) is 0. The highest BCUT2D eigenvalue weighted by atomic mass is 15.1. The summed E-state index contributed by atoms with van der Waals surface area (Å²) in [6.45, 7) is 22.0. The quantitative estimate of drug-likeness (QED) is 0.149. The van der Waals surface area contributed by atoms with Crippen molar-refractivity contribution in [3.05, 3.63) is 265 Å². The van der Waals surface area contributed by atoms with Crippen LogP contribution in [0.25, 0.3) is 149 Å². The molecule has 0 fully saturated rings. The van der Waals surface area contributed by atoms with Crippen LogP contribution in [0.4, 0.5) is 5.69 Å². The Labute approximate surface area is 508 Å². The molecule has 11 aromatic carbocycles. The first kappa shape index (κ1) is 52.2. The second kappa shape index (κ2) is 19.6. The van der Waals surface area contributed by atoms with Crippen molar-refractivity contribution in [2.75, 3.05) is 0 Å². The number of benzene rings is 11. The highest BCUT2D eigenvalue weighted by molar-refractivity contribution is 6.28. The fourth-order valence-corrected chi connectivity index (χ4v) is 13.5. The molecule has 16 aromatic rings. The molecule has 418 valence electrons. The SMILES string of the molecule is [C-]#[N+]c1ccc(-c2nc(-c3cc(C(C)(C)C)cc(C(C)(C)C)c3)nc(-c3cc(C#N)ccc3-n3c4ccccc4c4ccc5c(c6ccccc6n5-c5ccccc5)c43)n2)c(-n2c3ccccc3c3ccc4c(c5ccccc5n4-c4ccccc4)c32)c1. The van der Waals surface area contributed by atoms with Gasteiger partial charge in [-0.05, 0) is 119 Å². The van der Waals surface area contributed by atoms with Crippen LogP contribution in [-0.2, 0) is 10.8 Å². The summed E-state index contributed by atoms with van der Waals surface area (Å²) in [7, 11) is 0. The van der Waals surface area contributed by atoms with Crippen LogP contribution < -0.4 is 0 Å². The van der Waals surface area contributed by atoms with Crippen LogP contribution in [0, 0.1) is 17.9 Å². The molecule has 9 heteroatoms. The molecule has 0 unspecified atom stereocenters. The van der Waals surface area contributed by atoms with E-state index in [1.807, 2.05) is 30.3 Å². The Morgan fingerprint density at radius 1 is 0.375 bits per heavy atom. The molecular formula is C79H57N9. The number of fused-ring (bicyclic) bond motifs is 14. The van der Waals surface area contributed by atoms with Gasteiger partial charge in [0.15, 0.2) is 23.2 Å². The second-order valence-electron chi connectivity index (χ2n) is 25.1. The Balaban J connectivity index is 1.03. The lowest BCUT2D eigenvalue weighted by Crippen LogP contribution is -2.17. The van der Waals surface area contributed by atoms with Gasteiger partial charge in [-0.15, -0.1) is 0 Å². The number of hydrogen-bond donors (Lipinski definition) is 0. The van der Waals surface area contributed by atoms with Gasteiger partial charge in [0.05, 0.1) is 68.0 Å². The molecule has 0 aliphatic carbocycles. The van der Waals surface area contributed by atoms with E-state index in [-0.39, 0.29) is 10.8 Å². The molecule has 16 rings (SSSR count). The Morgan fingerprint density at radius 3 is 1.31 bits per heavy atom. The first-order valence-electron chi connectivity index (χ1n) is 29.9. The molecule has 0 saturated heterocycles. The molecule has 0 bridgehead atoms. The molecule has 0 saturated carbocycles. The highest BCUT2D eigenvalue weighted by Gasteiger charge is 2.29. The summed E-state index contributed by atoms with van der Waals surface area (Å²) in [5.74, 6) is 1.29. The van der Waals surface area contributed by atoms with Gasteiger partial charge in [-0.25, -0.2) is 19.8 Å². The van der Waals surface area contributed by atoms with Crippen LogP contribution in [0.3, 0.4) is 0 Å². The Hall–Kier alpha value is -11.4. The maximum absolute atomic E-state index is 11.0. The lowest BCUT2D eigenvalue weighted by molar-refractivity contribution is 0.569. The summed E-state index contributed by atoms with van der Waals surface area (Å²) < 4.78 is 9.39. The van der Waals surface area contributed by atoms with Crippen molar-refractivity contribution in [1.29, 1.82) is 5.26 Å². The van der Waals surface area contributed by atoms with E-state index in [0.29, 0.717) is 39.9 Å². The molecule has 0 aliphatic heterocycles. The van der Waals surface area contributed by atoms with Crippen molar-refractivity contribution < 1.29 is 0 Å². The summed E-state index contributed by atoms with van der Waals surface area (Å²) in [5.41, 5.74) is 17.0. The molecule has 0 spiro atoms. The van der Waals surface area contributed by atoms with Crippen molar-refractivity contribution in [2.24, 2.45) is 0 Å². The third-order valence-corrected chi connectivity index (χ3v) is 17.7. The Bertz CT molecular complexity index is 5640. The number of nitriles is 1. The standard InChI is InChI=1S/C79H57N9/c1-78(2,3)50-43-49(44-51(45-50)79(4,5)6)75-82-76(61-36-35-52(81-7)46-70(61)88-64-31-19-15-27-56(64)58-38-41-69-72(74(58)88)60-29-17-21-33-66(60)86(69)54-24-12-9-13-25-54)84-77(83-75)62-42-48(47-80)34-39-67(62)87-63-30-18-14-26-55(63)57-37-40-68-71(73(57)87)59-28-16-20-32-65(59)85(68)53-22-10-8-11-23-53/h8-46H,1-6H3. The zero-order valence-electron chi connectivity index (χ0n) is 49.5. The van der Waals surface area contributed by atoms with Gasteiger partial charge < -0.3 is 18.3 Å². The minimum Gasteiger partial charge on any atom is -0.309 e. The minimum atomic E-state index is -0.219. The fourth-order valence-electron chi connectivity index (χ4n) is 13.5. The van der Waals surface area contributed by atoms with E-state index in [0.717, 1.165) is 127 Å². The maximum Gasteiger partial charge on any atom is 0.189 e. The molecule has 0 aliphatic rings. The van der Waals surface area contributed by atoms with Crippen molar-refractivity contribution in [3.63, 3.8) is 0 Å². The molecule has 0 amide bonds. The Morgan fingerprint density at radius 2 is 0.818 bits per heavy atom. The number of nitrogens with zero attached hydrogens (tertiary/aromatic N) is 9. The Kier molecular flexibility index (Phi) is 11.6. The molecule has 5 aromatic heterocycles. The van der Waals surface area contributed by atoms with Gasteiger partial charge >= 0.3 is 0 Å². The molecule has 0 radical (unpaired) electrons. The van der Waals surface area contributed by atoms with E-state index in [1.54, 1.807) is 0 Å². The molecule has 5 heterocycles. The first-order valence-corrected chi connectivity index (χ1v) is 29.9. The van der Waals surface area contributed by atoms with Gasteiger partial charge in [0.1, 0.15) is 0 Å².